The van der Waals surface area contributed by atoms with E-state index >= 15 is 0 Å². The SMILES string of the molecule is NCC1CCN(C(=O)c2cc(F)c(F)c(O)c2F)CC1. The first-order valence-electron chi connectivity index (χ1n) is 6.31. The van der Waals surface area contributed by atoms with Crippen molar-refractivity contribution in [3.05, 3.63) is 29.1 Å². The van der Waals surface area contributed by atoms with Crippen molar-refractivity contribution in [2.75, 3.05) is 19.6 Å². The molecule has 0 radical (unpaired) electrons. The second-order valence-corrected chi connectivity index (χ2v) is 4.85. The van der Waals surface area contributed by atoms with E-state index in [4.69, 9.17) is 10.8 Å². The lowest BCUT2D eigenvalue weighted by molar-refractivity contribution is 0.0687. The van der Waals surface area contributed by atoms with Crippen molar-refractivity contribution in [1.82, 2.24) is 4.90 Å². The summed E-state index contributed by atoms with van der Waals surface area (Å²) in [5.41, 5.74) is 4.87. The van der Waals surface area contributed by atoms with Crippen molar-refractivity contribution < 1.29 is 23.1 Å². The minimum atomic E-state index is -1.69. The maximum atomic E-state index is 13.7. The quantitative estimate of drug-likeness (QED) is 0.813. The van der Waals surface area contributed by atoms with Gasteiger partial charge in [-0.05, 0) is 31.4 Å². The van der Waals surface area contributed by atoms with E-state index in [1.165, 1.54) is 4.90 Å². The highest BCUT2D eigenvalue weighted by Crippen LogP contribution is 2.27. The number of rotatable bonds is 2. The third kappa shape index (κ3) is 2.58. The van der Waals surface area contributed by atoms with Crippen molar-refractivity contribution >= 4 is 5.91 Å². The van der Waals surface area contributed by atoms with Crippen LogP contribution in [0.25, 0.3) is 0 Å². The van der Waals surface area contributed by atoms with Crippen LogP contribution in [0.1, 0.15) is 23.2 Å². The van der Waals surface area contributed by atoms with E-state index in [-0.39, 0.29) is 0 Å². The largest absolute Gasteiger partial charge is 0.503 e. The van der Waals surface area contributed by atoms with E-state index in [9.17, 15) is 18.0 Å². The molecule has 1 aromatic carbocycles. The standard InChI is InChI=1S/C13H15F3N2O2/c14-9-5-8(10(15)12(19)11(9)16)13(20)18-3-1-7(6-17)2-4-18/h5,7,19H,1-4,6,17H2. The van der Waals surface area contributed by atoms with Crippen molar-refractivity contribution in [1.29, 1.82) is 0 Å². The molecule has 2 rings (SSSR count). The topological polar surface area (TPSA) is 66.6 Å². The molecule has 1 fully saturated rings. The van der Waals surface area contributed by atoms with Crippen LogP contribution in [0.4, 0.5) is 13.2 Å². The van der Waals surface area contributed by atoms with Gasteiger partial charge in [0.15, 0.2) is 17.4 Å². The van der Waals surface area contributed by atoms with E-state index in [1.807, 2.05) is 0 Å². The molecular weight excluding hydrogens is 273 g/mol. The maximum Gasteiger partial charge on any atom is 0.257 e. The molecule has 1 amide bonds. The first kappa shape index (κ1) is 14.6. The van der Waals surface area contributed by atoms with Crippen LogP contribution < -0.4 is 5.73 Å². The predicted molar refractivity (Wildman–Crippen MR) is 65.7 cm³/mol. The van der Waals surface area contributed by atoms with Crippen LogP contribution in [0, 0.1) is 23.4 Å². The lowest BCUT2D eigenvalue weighted by Gasteiger charge is -2.31. The van der Waals surface area contributed by atoms with E-state index < -0.39 is 34.7 Å². The van der Waals surface area contributed by atoms with Crippen LogP contribution in [0.5, 0.6) is 5.75 Å². The zero-order valence-electron chi connectivity index (χ0n) is 10.7. The Hall–Kier alpha value is -1.76. The van der Waals surface area contributed by atoms with Gasteiger partial charge in [0.1, 0.15) is 0 Å². The molecule has 20 heavy (non-hydrogen) atoms. The summed E-state index contributed by atoms with van der Waals surface area (Å²) < 4.78 is 39.8. The number of phenolic OH excluding ortho intramolecular Hbond substituents is 1. The Morgan fingerprint density at radius 3 is 2.45 bits per heavy atom. The number of benzene rings is 1. The summed E-state index contributed by atoms with van der Waals surface area (Å²) in [5.74, 6) is -6.50. The van der Waals surface area contributed by atoms with Gasteiger partial charge in [0.05, 0.1) is 5.56 Å². The molecule has 3 N–H and O–H groups in total. The highest BCUT2D eigenvalue weighted by atomic mass is 19.2. The Balaban J connectivity index is 2.22. The summed E-state index contributed by atoms with van der Waals surface area (Å²) in [6.45, 7) is 1.27. The Labute approximate surface area is 114 Å². The molecule has 1 aliphatic rings. The van der Waals surface area contributed by atoms with E-state index in [2.05, 4.69) is 0 Å². The number of nitrogens with zero attached hydrogens (tertiary/aromatic N) is 1. The normalized spacial score (nSPS) is 16.5. The number of aromatic hydroxyl groups is 1. The smallest absolute Gasteiger partial charge is 0.257 e. The number of hydrogen-bond donors (Lipinski definition) is 2. The minimum Gasteiger partial charge on any atom is -0.503 e. The zero-order valence-corrected chi connectivity index (χ0v) is 10.7. The van der Waals surface area contributed by atoms with E-state index in [0.29, 0.717) is 44.5 Å². The number of carbonyl (C=O) groups excluding carboxylic acids is 1. The van der Waals surface area contributed by atoms with Gasteiger partial charge >= 0.3 is 0 Å². The van der Waals surface area contributed by atoms with Crippen LogP contribution in [0.15, 0.2) is 6.07 Å². The molecular formula is C13H15F3N2O2. The second kappa shape index (κ2) is 5.70. The molecule has 0 unspecified atom stereocenters. The van der Waals surface area contributed by atoms with Gasteiger partial charge in [0, 0.05) is 13.1 Å². The average Bonchev–Trinajstić information content (AvgIpc) is 2.48. The predicted octanol–water partition coefficient (Wildman–Crippen LogP) is 1.62. The Kier molecular flexibility index (Phi) is 4.17. The summed E-state index contributed by atoms with van der Waals surface area (Å²) in [6.07, 6.45) is 1.36. The first-order valence-corrected chi connectivity index (χ1v) is 6.31. The molecule has 1 heterocycles. The first-order chi connectivity index (χ1) is 9.45. The zero-order chi connectivity index (χ0) is 14.9. The van der Waals surface area contributed by atoms with Gasteiger partial charge in [0.25, 0.3) is 5.91 Å². The van der Waals surface area contributed by atoms with Gasteiger partial charge in [-0.3, -0.25) is 4.79 Å². The number of piperidine rings is 1. The number of carbonyl (C=O) groups is 1. The Bertz CT molecular complexity index is 529. The number of hydrogen-bond acceptors (Lipinski definition) is 3. The second-order valence-electron chi connectivity index (χ2n) is 4.85. The maximum absolute atomic E-state index is 13.7. The summed E-state index contributed by atoms with van der Waals surface area (Å²) >= 11 is 0. The molecule has 1 saturated heterocycles. The Morgan fingerprint density at radius 1 is 1.30 bits per heavy atom. The van der Waals surface area contributed by atoms with Gasteiger partial charge in [-0.25, -0.2) is 8.78 Å². The van der Waals surface area contributed by atoms with Gasteiger partial charge in [-0.15, -0.1) is 0 Å². The third-order valence-corrected chi connectivity index (χ3v) is 3.60. The van der Waals surface area contributed by atoms with Crippen LogP contribution in [-0.2, 0) is 0 Å². The van der Waals surface area contributed by atoms with Crippen molar-refractivity contribution in [2.24, 2.45) is 11.7 Å². The van der Waals surface area contributed by atoms with Crippen LogP contribution in [-0.4, -0.2) is 35.5 Å². The van der Waals surface area contributed by atoms with Gasteiger partial charge in [-0.2, -0.15) is 4.39 Å². The van der Waals surface area contributed by atoms with Crippen LogP contribution in [0.2, 0.25) is 0 Å². The van der Waals surface area contributed by atoms with Crippen LogP contribution >= 0.6 is 0 Å². The Morgan fingerprint density at radius 2 is 1.90 bits per heavy atom. The van der Waals surface area contributed by atoms with Gasteiger partial charge in [0.2, 0.25) is 5.82 Å². The molecule has 7 heteroatoms. The molecule has 0 spiro atoms. The molecule has 0 bridgehead atoms. The van der Waals surface area contributed by atoms with Crippen molar-refractivity contribution in [2.45, 2.75) is 12.8 Å². The van der Waals surface area contributed by atoms with E-state index in [0.717, 1.165) is 0 Å². The molecule has 0 aliphatic carbocycles. The van der Waals surface area contributed by atoms with Crippen molar-refractivity contribution in [3.8, 4) is 5.75 Å². The fourth-order valence-corrected chi connectivity index (χ4v) is 2.29. The number of nitrogens with two attached hydrogens (primary N) is 1. The lowest BCUT2D eigenvalue weighted by Crippen LogP contribution is -2.40. The fraction of sp³-hybridized carbons (Fsp3) is 0.462. The summed E-state index contributed by atoms with van der Waals surface area (Å²) in [5, 5.41) is 9.12. The molecule has 1 aliphatic heterocycles. The van der Waals surface area contributed by atoms with E-state index in [1.54, 1.807) is 0 Å². The number of halogens is 3. The molecule has 110 valence electrons. The lowest BCUT2D eigenvalue weighted by atomic mass is 9.96. The van der Waals surface area contributed by atoms with Gasteiger partial charge < -0.3 is 15.7 Å². The van der Waals surface area contributed by atoms with Crippen LogP contribution in [0.3, 0.4) is 0 Å². The fourth-order valence-electron chi connectivity index (χ4n) is 2.29. The highest BCUT2D eigenvalue weighted by Gasteiger charge is 2.28. The number of amides is 1. The molecule has 0 aromatic heterocycles. The summed E-state index contributed by atoms with van der Waals surface area (Å²) in [7, 11) is 0. The third-order valence-electron chi connectivity index (χ3n) is 3.60. The number of likely N-dealkylation sites (tertiary alicyclic amines) is 1. The molecule has 0 atom stereocenters. The average molecular weight is 288 g/mol. The summed E-state index contributed by atoms with van der Waals surface area (Å²) in [4.78, 5) is 13.4. The monoisotopic (exact) mass is 288 g/mol. The molecule has 1 aromatic rings. The highest BCUT2D eigenvalue weighted by molar-refractivity contribution is 5.95. The van der Waals surface area contributed by atoms with Crippen molar-refractivity contribution in [3.63, 3.8) is 0 Å². The number of phenols is 1. The minimum absolute atomic E-state index is 0.308. The van der Waals surface area contributed by atoms with Gasteiger partial charge in [-0.1, -0.05) is 0 Å². The molecule has 0 saturated carbocycles. The molecule has 4 nitrogen and oxygen atoms in total. The summed E-state index contributed by atoms with van der Waals surface area (Å²) in [6, 6.07) is 0.474.